The van der Waals surface area contributed by atoms with Crippen LogP contribution in [0.15, 0.2) is 29.2 Å². The van der Waals surface area contributed by atoms with Gasteiger partial charge in [-0.15, -0.1) is 0 Å². The Labute approximate surface area is 67.7 Å². The van der Waals surface area contributed by atoms with Crippen molar-refractivity contribution in [1.29, 1.82) is 0 Å². The topological polar surface area (TPSA) is 0 Å². The third-order valence-electron chi connectivity index (χ3n) is 1.58. The van der Waals surface area contributed by atoms with E-state index in [0.29, 0.717) is 5.92 Å². The highest BCUT2D eigenvalue weighted by Gasteiger charge is 1.97. The van der Waals surface area contributed by atoms with Crippen LogP contribution in [-0.2, 0) is 12.6 Å². The number of hydrogen-bond donors (Lipinski definition) is 0. The summed E-state index contributed by atoms with van der Waals surface area (Å²) >= 11 is 3.44. The Morgan fingerprint density at radius 2 is 1.60 bits per heavy atom. The Kier molecular flexibility index (Phi) is 2.39. The lowest BCUT2D eigenvalue weighted by atomic mass is 10.0. The second-order valence-electron chi connectivity index (χ2n) is 2.78. The van der Waals surface area contributed by atoms with Gasteiger partial charge in [-0.1, -0.05) is 26.0 Å². The highest BCUT2D eigenvalue weighted by atomic mass is 32.1. The number of benzene rings is 1. The zero-order valence-electron chi connectivity index (χ0n) is 6.39. The fraction of sp³-hybridized carbons (Fsp3) is 0.333. The second-order valence-corrected chi connectivity index (χ2v) is 3.35. The van der Waals surface area contributed by atoms with Crippen LogP contribution in [0.5, 0.6) is 0 Å². The average Bonchev–Trinajstić information content (AvgIpc) is 1.88. The van der Waals surface area contributed by atoms with Gasteiger partial charge in [0, 0.05) is 0 Å². The monoisotopic (exact) mass is 153 g/mol. The van der Waals surface area contributed by atoms with E-state index < -0.39 is 0 Å². The smallest absolute Gasteiger partial charge is 0.0587 e. The van der Waals surface area contributed by atoms with Crippen molar-refractivity contribution in [3.05, 3.63) is 29.8 Å². The molecule has 0 heterocycles. The van der Waals surface area contributed by atoms with E-state index in [1.54, 1.807) is 0 Å². The van der Waals surface area contributed by atoms with E-state index in [-0.39, 0.29) is 0 Å². The van der Waals surface area contributed by atoms with E-state index in [4.69, 9.17) is 0 Å². The van der Waals surface area contributed by atoms with Crippen molar-refractivity contribution in [2.45, 2.75) is 24.7 Å². The van der Waals surface area contributed by atoms with Gasteiger partial charge in [-0.25, -0.2) is 0 Å². The van der Waals surface area contributed by atoms with E-state index in [1.165, 1.54) is 5.56 Å². The zero-order chi connectivity index (χ0) is 7.56. The summed E-state index contributed by atoms with van der Waals surface area (Å²) in [5.74, 6) is 0.632. The van der Waals surface area contributed by atoms with Crippen LogP contribution in [-0.4, -0.2) is 0 Å². The largest absolute Gasteiger partial charge is 0.150 e. The first-order valence-corrected chi connectivity index (χ1v) is 4.01. The fourth-order valence-corrected chi connectivity index (χ4v) is 1.03. The summed E-state index contributed by atoms with van der Waals surface area (Å²) in [6.45, 7) is 4.39. The second kappa shape index (κ2) is 3.11. The first-order valence-electron chi connectivity index (χ1n) is 3.51. The minimum Gasteiger partial charge on any atom is -0.0587 e. The van der Waals surface area contributed by atoms with Gasteiger partial charge in [0.2, 0.25) is 0 Å². The van der Waals surface area contributed by atoms with Gasteiger partial charge < -0.3 is 0 Å². The third-order valence-corrected chi connectivity index (χ3v) is 1.91. The summed E-state index contributed by atoms with van der Waals surface area (Å²) in [6, 6.07) is 8.44. The Morgan fingerprint density at radius 3 is 2.00 bits per heavy atom. The molecule has 1 rings (SSSR count). The summed E-state index contributed by atoms with van der Waals surface area (Å²) in [5, 5.41) is 0. The van der Waals surface area contributed by atoms with E-state index in [9.17, 15) is 0 Å². The van der Waals surface area contributed by atoms with Gasteiger partial charge in [0.15, 0.2) is 0 Å². The molecule has 0 saturated carbocycles. The molecule has 0 aliphatic heterocycles. The van der Waals surface area contributed by atoms with Gasteiger partial charge in [0.1, 0.15) is 4.90 Å². The van der Waals surface area contributed by atoms with E-state index in [0.717, 1.165) is 4.90 Å². The summed E-state index contributed by atoms with van der Waals surface area (Å²) in [6.07, 6.45) is 0. The van der Waals surface area contributed by atoms with Gasteiger partial charge in [-0.05, 0) is 36.2 Å². The zero-order valence-corrected chi connectivity index (χ0v) is 7.39. The first kappa shape index (κ1) is 7.67. The molecule has 0 spiro atoms. The van der Waals surface area contributed by atoms with Crippen molar-refractivity contribution in [3.8, 4) is 0 Å². The third kappa shape index (κ3) is 1.77. The molecule has 0 atom stereocenters. The lowest BCUT2D eigenvalue weighted by Crippen LogP contribution is -1.85. The normalized spacial score (nSPS) is 10.4. The molecule has 0 aliphatic carbocycles. The Bertz CT molecular complexity index is 198. The molecular formula is C9H13S+. The van der Waals surface area contributed by atoms with Crippen LogP contribution in [0, 0.1) is 0 Å². The Balaban J connectivity index is 2.89. The molecule has 0 bridgehead atoms. The van der Waals surface area contributed by atoms with Crippen molar-refractivity contribution < 1.29 is 0 Å². The highest BCUT2D eigenvalue weighted by Crippen LogP contribution is 2.13. The fourth-order valence-electron chi connectivity index (χ4n) is 0.868. The number of hydrogen-bond acceptors (Lipinski definition) is 0. The maximum Gasteiger partial charge on any atom is 0.150 e. The quantitative estimate of drug-likeness (QED) is 0.542. The molecule has 1 heteroatoms. The molecule has 0 N–H and O–H groups in total. The van der Waals surface area contributed by atoms with Crippen LogP contribution < -0.4 is 0 Å². The molecule has 0 amide bonds. The van der Waals surface area contributed by atoms with Gasteiger partial charge in [0.05, 0.1) is 0 Å². The molecular weight excluding hydrogens is 140 g/mol. The lowest BCUT2D eigenvalue weighted by Gasteiger charge is -2.02. The van der Waals surface area contributed by atoms with Crippen LogP contribution in [0.4, 0.5) is 0 Å². The molecule has 0 unspecified atom stereocenters. The maximum absolute atomic E-state index is 3.44. The molecule has 1 aromatic rings. The van der Waals surface area contributed by atoms with Gasteiger partial charge in [-0.2, -0.15) is 0 Å². The van der Waals surface area contributed by atoms with E-state index in [2.05, 4.69) is 50.7 Å². The Hall–Kier alpha value is -0.430. The molecule has 10 heavy (non-hydrogen) atoms. The van der Waals surface area contributed by atoms with Gasteiger partial charge in [-0.3, -0.25) is 0 Å². The standard InChI is InChI=1S/C9H12S/c1-7(2)8-3-5-9(10)6-4-8/h3-7,10H,1-2H3/p+1. The van der Waals surface area contributed by atoms with Crippen molar-refractivity contribution in [2.24, 2.45) is 0 Å². The summed E-state index contributed by atoms with van der Waals surface area (Å²) in [5.41, 5.74) is 1.39. The van der Waals surface area contributed by atoms with Crippen LogP contribution in [0.1, 0.15) is 25.3 Å². The molecule has 0 fully saturated rings. The Morgan fingerprint density at radius 1 is 1.10 bits per heavy atom. The molecule has 0 aromatic heterocycles. The van der Waals surface area contributed by atoms with Crippen molar-refractivity contribution in [2.75, 3.05) is 0 Å². The van der Waals surface area contributed by atoms with E-state index in [1.807, 2.05) is 0 Å². The first-order chi connectivity index (χ1) is 4.70. The highest BCUT2D eigenvalue weighted by molar-refractivity contribution is 7.58. The molecule has 54 valence electrons. The predicted molar refractivity (Wildman–Crippen MR) is 49.0 cm³/mol. The average molecular weight is 153 g/mol. The summed E-state index contributed by atoms with van der Waals surface area (Å²) in [4.78, 5) is 1.14. The predicted octanol–water partition coefficient (Wildman–Crippen LogP) is 2.18. The number of rotatable bonds is 1. The molecule has 1 aromatic carbocycles. The SMILES string of the molecule is CC(C)c1ccc([SH2+])cc1. The van der Waals surface area contributed by atoms with Crippen LogP contribution in [0.3, 0.4) is 0 Å². The van der Waals surface area contributed by atoms with Gasteiger partial charge in [0.25, 0.3) is 0 Å². The van der Waals surface area contributed by atoms with Crippen LogP contribution >= 0.6 is 0 Å². The summed E-state index contributed by atoms with van der Waals surface area (Å²) in [7, 11) is 0. The minimum absolute atomic E-state index is 0.632. The molecule has 0 nitrogen and oxygen atoms in total. The lowest BCUT2D eigenvalue weighted by molar-refractivity contribution is 0.865. The molecule has 0 aliphatic rings. The van der Waals surface area contributed by atoms with Crippen molar-refractivity contribution in [1.82, 2.24) is 0 Å². The van der Waals surface area contributed by atoms with Crippen LogP contribution in [0.25, 0.3) is 0 Å². The van der Waals surface area contributed by atoms with E-state index >= 15 is 0 Å². The summed E-state index contributed by atoms with van der Waals surface area (Å²) < 4.78 is 0. The minimum atomic E-state index is 0.632. The maximum atomic E-state index is 3.44. The molecule has 0 radical (unpaired) electrons. The van der Waals surface area contributed by atoms with Crippen LogP contribution in [0.2, 0.25) is 0 Å². The van der Waals surface area contributed by atoms with Gasteiger partial charge >= 0.3 is 0 Å². The van der Waals surface area contributed by atoms with Crippen molar-refractivity contribution >= 4 is 12.6 Å². The molecule has 0 saturated heterocycles. The van der Waals surface area contributed by atoms with Crippen molar-refractivity contribution in [3.63, 3.8) is 0 Å².